The van der Waals surface area contributed by atoms with Gasteiger partial charge in [0.2, 0.25) is 0 Å². The Hall–Kier alpha value is -5.41. The highest BCUT2D eigenvalue weighted by atomic mass is 15.0. The smallest absolute Gasteiger partial charge is 0.0562 e. The Kier molecular flexibility index (Phi) is 4.33. The number of rotatable bonds is 2. The number of para-hydroxylation sites is 2. The molecule has 0 atom stereocenters. The van der Waals surface area contributed by atoms with E-state index >= 15 is 0 Å². The molecule has 0 saturated carbocycles. The Morgan fingerprint density at radius 1 is 0.375 bits per heavy atom. The van der Waals surface area contributed by atoms with E-state index in [1.165, 1.54) is 59.8 Å². The van der Waals surface area contributed by atoms with Crippen molar-refractivity contribution in [2.24, 2.45) is 0 Å². The van der Waals surface area contributed by atoms with Gasteiger partial charge in [0.15, 0.2) is 0 Å². The van der Waals surface area contributed by atoms with Crippen LogP contribution in [0.1, 0.15) is 0 Å². The average Bonchev–Trinajstić information content (AvgIpc) is 3.50. The predicted molar refractivity (Wildman–Crippen MR) is 168 cm³/mol. The van der Waals surface area contributed by atoms with E-state index < -0.39 is 0 Å². The van der Waals surface area contributed by atoms with Gasteiger partial charge in [0.1, 0.15) is 0 Å². The molecule has 0 aliphatic carbocycles. The first-order chi connectivity index (χ1) is 19.8. The lowest BCUT2D eigenvalue weighted by molar-refractivity contribution is 1.17. The van der Waals surface area contributed by atoms with Gasteiger partial charge in [0.05, 0.1) is 22.1 Å². The molecule has 0 aliphatic rings. The Bertz CT molecular complexity index is 2430. The molecule has 0 radical (unpaired) electrons. The molecule has 0 bridgehead atoms. The first-order valence-electron chi connectivity index (χ1n) is 13.6. The third-order valence-electron chi connectivity index (χ3n) is 8.32. The molecule has 0 aliphatic heterocycles. The van der Waals surface area contributed by atoms with E-state index in [-0.39, 0.29) is 0 Å². The fraction of sp³-hybridized carbons (Fsp3) is 0. The molecule has 0 spiro atoms. The summed E-state index contributed by atoms with van der Waals surface area (Å²) in [4.78, 5) is 4.31. The summed E-state index contributed by atoms with van der Waals surface area (Å²) in [6, 6.07) is 46.3. The maximum Gasteiger partial charge on any atom is 0.0562 e. The zero-order chi connectivity index (χ0) is 26.2. The van der Waals surface area contributed by atoms with Crippen molar-refractivity contribution in [1.29, 1.82) is 0 Å². The van der Waals surface area contributed by atoms with Gasteiger partial charge >= 0.3 is 0 Å². The zero-order valence-corrected chi connectivity index (χ0v) is 21.6. The van der Waals surface area contributed by atoms with E-state index in [1.807, 2.05) is 12.4 Å². The fourth-order valence-electron chi connectivity index (χ4n) is 6.51. The number of fused-ring (bicyclic) bond motifs is 8. The van der Waals surface area contributed by atoms with E-state index in [2.05, 4.69) is 142 Å². The molecule has 3 heteroatoms. The van der Waals surface area contributed by atoms with Gasteiger partial charge in [-0.3, -0.25) is 4.98 Å². The lowest BCUT2D eigenvalue weighted by Gasteiger charge is -2.11. The van der Waals surface area contributed by atoms with Crippen molar-refractivity contribution in [1.82, 2.24) is 14.1 Å². The van der Waals surface area contributed by atoms with Crippen LogP contribution in [0.4, 0.5) is 0 Å². The van der Waals surface area contributed by atoms with Gasteiger partial charge in [-0.2, -0.15) is 0 Å². The van der Waals surface area contributed by atoms with Gasteiger partial charge in [-0.25, -0.2) is 0 Å². The van der Waals surface area contributed by atoms with Gasteiger partial charge in [0.25, 0.3) is 0 Å². The maximum atomic E-state index is 4.31. The third kappa shape index (κ3) is 2.97. The van der Waals surface area contributed by atoms with Crippen molar-refractivity contribution >= 4 is 65.2 Å². The number of nitrogens with zero attached hydrogens (tertiary/aromatic N) is 3. The molecular formula is C37H23N3. The Labute approximate surface area is 230 Å². The van der Waals surface area contributed by atoms with Gasteiger partial charge in [-0.1, -0.05) is 66.7 Å². The predicted octanol–water partition coefficient (Wildman–Crippen LogP) is 9.58. The van der Waals surface area contributed by atoms with Gasteiger partial charge in [0, 0.05) is 50.7 Å². The lowest BCUT2D eigenvalue weighted by Crippen LogP contribution is -1.96. The van der Waals surface area contributed by atoms with Crippen LogP contribution < -0.4 is 0 Å². The molecule has 40 heavy (non-hydrogen) atoms. The Balaban J connectivity index is 1.47. The number of hydrogen-bond donors (Lipinski definition) is 0. The van der Waals surface area contributed by atoms with Crippen LogP contribution in [0, 0.1) is 0 Å². The van der Waals surface area contributed by atoms with Gasteiger partial charge in [-0.15, -0.1) is 0 Å². The maximum absolute atomic E-state index is 4.31. The summed E-state index contributed by atoms with van der Waals surface area (Å²) in [5, 5.41) is 9.90. The molecule has 3 aromatic heterocycles. The largest absolute Gasteiger partial charge is 0.309 e. The van der Waals surface area contributed by atoms with Crippen molar-refractivity contribution in [2.75, 3.05) is 0 Å². The first kappa shape index (κ1) is 21.5. The highest BCUT2D eigenvalue weighted by Crippen LogP contribution is 2.40. The van der Waals surface area contributed by atoms with Crippen molar-refractivity contribution in [3.63, 3.8) is 0 Å². The van der Waals surface area contributed by atoms with Crippen molar-refractivity contribution in [3.05, 3.63) is 140 Å². The number of benzene rings is 6. The summed E-state index contributed by atoms with van der Waals surface area (Å²) >= 11 is 0. The van der Waals surface area contributed by atoms with Gasteiger partial charge in [-0.05, 0) is 76.8 Å². The molecular weight excluding hydrogens is 486 g/mol. The standard InChI is InChI=1S/C37H23N3/c1-2-10-28(11-3-1)39-35-20-25-9-5-4-8-24(25)19-31(35)33-21-32-30-12-6-7-13-34(30)40(36(32)22-37(33)39)29-15-14-27-23-38-17-16-26(27)18-29/h1-23H. The Morgan fingerprint density at radius 2 is 1.02 bits per heavy atom. The SMILES string of the molecule is c1ccc(-n2c3cc4ccccc4cc3c3cc4c5ccccc5n(-c5ccc6cnccc6c5)c4cc32)cc1. The molecule has 186 valence electrons. The van der Waals surface area contributed by atoms with Crippen LogP contribution in [0.25, 0.3) is 76.5 Å². The Morgan fingerprint density at radius 3 is 1.90 bits per heavy atom. The molecule has 9 aromatic rings. The normalized spacial score (nSPS) is 12.0. The van der Waals surface area contributed by atoms with E-state index in [4.69, 9.17) is 0 Å². The fourth-order valence-corrected chi connectivity index (χ4v) is 6.51. The topological polar surface area (TPSA) is 22.8 Å². The highest BCUT2D eigenvalue weighted by Gasteiger charge is 2.19. The second-order valence-electron chi connectivity index (χ2n) is 10.5. The zero-order valence-electron chi connectivity index (χ0n) is 21.6. The second kappa shape index (κ2) is 8.05. The molecule has 0 N–H and O–H groups in total. The molecule has 0 unspecified atom stereocenters. The average molecular weight is 510 g/mol. The van der Waals surface area contributed by atoms with E-state index in [0.717, 1.165) is 16.8 Å². The van der Waals surface area contributed by atoms with E-state index in [0.29, 0.717) is 0 Å². The summed E-state index contributed by atoms with van der Waals surface area (Å²) in [6.45, 7) is 0. The summed E-state index contributed by atoms with van der Waals surface area (Å²) in [5.74, 6) is 0. The van der Waals surface area contributed by atoms with Crippen LogP contribution >= 0.6 is 0 Å². The highest BCUT2D eigenvalue weighted by molar-refractivity contribution is 6.20. The van der Waals surface area contributed by atoms with Gasteiger partial charge < -0.3 is 9.13 Å². The molecule has 0 fully saturated rings. The van der Waals surface area contributed by atoms with Crippen LogP contribution in [0.3, 0.4) is 0 Å². The van der Waals surface area contributed by atoms with Crippen molar-refractivity contribution < 1.29 is 0 Å². The summed E-state index contributed by atoms with van der Waals surface area (Å²) in [6.07, 6.45) is 3.79. The number of pyridine rings is 1. The van der Waals surface area contributed by atoms with E-state index in [1.54, 1.807) is 0 Å². The van der Waals surface area contributed by atoms with Crippen LogP contribution in [-0.2, 0) is 0 Å². The first-order valence-corrected chi connectivity index (χ1v) is 13.6. The summed E-state index contributed by atoms with van der Waals surface area (Å²) < 4.78 is 4.83. The van der Waals surface area contributed by atoms with Crippen LogP contribution in [-0.4, -0.2) is 14.1 Å². The number of hydrogen-bond acceptors (Lipinski definition) is 1. The van der Waals surface area contributed by atoms with Crippen LogP contribution in [0.15, 0.2) is 140 Å². The van der Waals surface area contributed by atoms with E-state index in [9.17, 15) is 0 Å². The molecule has 3 heterocycles. The quantitative estimate of drug-likeness (QED) is 0.227. The molecule has 9 rings (SSSR count). The summed E-state index contributed by atoms with van der Waals surface area (Å²) in [7, 11) is 0. The second-order valence-corrected chi connectivity index (χ2v) is 10.5. The lowest BCUT2D eigenvalue weighted by atomic mass is 10.0. The van der Waals surface area contributed by atoms with Crippen LogP contribution in [0.2, 0.25) is 0 Å². The molecule has 6 aromatic carbocycles. The molecule has 3 nitrogen and oxygen atoms in total. The monoisotopic (exact) mass is 509 g/mol. The van der Waals surface area contributed by atoms with Crippen molar-refractivity contribution in [3.8, 4) is 11.4 Å². The minimum Gasteiger partial charge on any atom is -0.309 e. The minimum absolute atomic E-state index is 1.14. The van der Waals surface area contributed by atoms with Crippen molar-refractivity contribution in [2.45, 2.75) is 0 Å². The van der Waals surface area contributed by atoms with Crippen LogP contribution in [0.5, 0.6) is 0 Å². The minimum atomic E-state index is 1.14. The third-order valence-corrected chi connectivity index (χ3v) is 8.32. The number of aromatic nitrogens is 3. The summed E-state index contributed by atoms with van der Waals surface area (Å²) in [5.41, 5.74) is 7.15. The molecule has 0 saturated heterocycles. The molecule has 0 amide bonds.